The molecule has 3 nitrogen and oxygen atoms in total. The number of nitrogens with two attached hydrogens (primary N) is 1. The number of hydrogen-bond acceptors (Lipinski definition) is 3. The molecule has 0 aliphatic carbocycles. The van der Waals surface area contributed by atoms with Crippen molar-refractivity contribution in [2.75, 3.05) is 6.26 Å². The van der Waals surface area contributed by atoms with Crippen molar-refractivity contribution in [1.82, 2.24) is 0 Å². The molecule has 0 radical (unpaired) electrons. The topological polar surface area (TPSA) is 60.2 Å². The van der Waals surface area contributed by atoms with Gasteiger partial charge in [0.1, 0.15) is 0 Å². The van der Waals surface area contributed by atoms with Crippen molar-refractivity contribution >= 4 is 22.2 Å². The van der Waals surface area contributed by atoms with Crippen molar-refractivity contribution in [3.05, 3.63) is 53.6 Å². The summed E-state index contributed by atoms with van der Waals surface area (Å²) in [6, 6.07) is 9.61. The molecule has 0 heterocycles. The summed E-state index contributed by atoms with van der Waals surface area (Å²) in [6.07, 6.45) is -3.47. The lowest BCUT2D eigenvalue weighted by atomic mass is 9.99. The van der Waals surface area contributed by atoms with Gasteiger partial charge in [-0.2, -0.15) is 13.2 Å². The van der Waals surface area contributed by atoms with Crippen LogP contribution in [0.1, 0.15) is 11.1 Å². The number of sulfone groups is 1. The van der Waals surface area contributed by atoms with E-state index in [4.69, 9.17) is 5.73 Å². The number of halogens is 4. The van der Waals surface area contributed by atoms with Crippen LogP contribution >= 0.6 is 12.4 Å². The van der Waals surface area contributed by atoms with Gasteiger partial charge >= 0.3 is 6.18 Å². The van der Waals surface area contributed by atoms with E-state index in [0.29, 0.717) is 5.56 Å². The Morgan fingerprint density at radius 2 is 1.65 bits per heavy atom. The Morgan fingerprint density at radius 3 is 2.17 bits per heavy atom. The van der Waals surface area contributed by atoms with E-state index in [9.17, 15) is 21.6 Å². The lowest BCUT2D eigenvalue weighted by Gasteiger charge is -2.14. The Labute approximate surface area is 138 Å². The van der Waals surface area contributed by atoms with Crippen molar-refractivity contribution < 1.29 is 21.6 Å². The first-order valence-corrected chi connectivity index (χ1v) is 8.23. The molecule has 0 fully saturated rings. The predicted octanol–water partition coefficient (Wildman–Crippen LogP) is 3.66. The van der Waals surface area contributed by atoms with Crippen LogP contribution in [0, 0.1) is 0 Å². The van der Waals surface area contributed by atoms with Crippen LogP contribution in [0.3, 0.4) is 0 Å². The van der Waals surface area contributed by atoms with Crippen LogP contribution in [0.4, 0.5) is 13.2 Å². The minimum atomic E-state index is -4.51. The molecular formula is C15H15ClF3NO2S. The molecule has 0 spiro atoms. The van der Waals surface area contributed by atoms with E-state index < -0.39 is 21.6 Å². The zero-order chi connectivity index (χ0) is 16.5. The van der Waals surface area contributed by atoms with Crippen LogP contribution in [-0.4, -0.2) is 14.7 Å². The Kier molecular flexibility index (Phi) is 5.84. The third kappa shape index (κ3) is 4.46. The second-order valence-corrected chi connectivity index (χ2v) is 6.89. The summed E-state index contributed by atoms with van der Waals surface area (Å²) in [5, 5.41) is 0. The minimum Gasteiger partial charge on any atom is -0.326 e. The van der Waals surface area contributed by atoms with Gasteiger partial charge in [-0.15, -0.1) is 12.4 Å². The molecule has 0 aliphatic heterocycles. The Bertz CT molecular complexity index is 805. The molecule has 0 saturated heterocycles. The lowest BCUT2D eigenvalue weighted by molar-refractivity contribution is -0.138. The van der Waals surface area contributed by atoms with Crippen molar-refractivity contribution in [1.29, 1.82) is 0 Å². The molecule has 2 aromatic carbocycles. The van der Waals surface area contributed by atoms with E-state index in [1.165, 1.54) is 30.3 Å². The molecule has 0 bridgehead atoms. The largest absolute Gasteiger partial charge is 0.416 e. The molecule has 0 aromatic heterocycles. The molecule has 0 atom stereocenters. The first-order valence-electron chi connectivity index (χ1n) is 6.33. The normalized spacial score (nSPS) is 11.9. The predicted molar refractivity (Wildman–Crippen MR) is 85.1 cm³/mol. The molecule has 8 heteroatoms. The number of benzene rings is 2. The van der Waals surface area contributed by atoms with Crippen LogP contribution in [0.5, 0.6) is 0 Å². The maximum absolute atomic E-state index is 13.0. The molecule has 0 saturated carbocycles. The Hall–Kier alpha value is -1.57. The molecule has 2 aromatic rings. The lowest BCUT2D eigenvalue weighted by Crippen LogP contribution is -2.12. The summed E-state index contributed by atoms with van der Waals surface area (Å²) in [6.45, 7) is -0.224. The second kappa shape index (κ2) is 6.90. The van der Waals surface area contributed by atoms with Gasteiger partial charge in [-0.05, 0) is 34.9 Å². The van der Waals surface area contributed by atoms with Crippen LogP contribution in [0.25, 0.3) is 11.1 Å². The van der Waals surface area contributed by atoms with Gasteiger partial charge in [-0.3, -0.25) is 0 Å². The highest BCUT2D eigenvalue weighted by Crippen LogP contribution is 2.35. The minimum absolute atomic E-state index is 0. The van der Waals surface area contributed by atoms with Crippen molar-refractivity contribution in [2.24, 2.45) is 5.73 Å². The van der Waals surface area contributed by atoms with Crippen LogP contribution in [0.15, 0.2) is 47.4 Å². The third-order valence-corrected chi connectivity index (χ3v) is 4.34. The molecule has 0 unspecified atom stereocenters. The highest BCUT2D eigenvalue weighted by atomic mass is 35.5. The second-order valence-electron chi connectivity index (χ2n) is 4.87. The van der Waals surface area contributed by atoms with Gasteiger partial charge in [0.2, 0.25) is 0 Å². The first kappa shape index (κ1) is 19.5. The number of hydrogen-bond donors (Lipinski definition) is 1. The van der Waals surface area contributed by atoms with Gasteiger partial charge in [-0.1, -0.05) is 24.3 Å². The maximum Gasteiger partial charge on any atom is 0.416 e. The third-order valence-electron chi connectivity index (χ3n) is 3.23. The van der Waals surface area contributed by atoms with Gasteiger partial charge in [0.05, 0.1) is 10.5 Å². The summed E-state index contributed by atoms with van der Waals surface area (Å²) >= 11 is 0. The number of rotatable bonds is 3. The van der Waals surface area contributed by atoms with E-state index in [2.05, 4.69) is 0 Å². The average Bonchev–Trinajstić information content (AvgIpc) is 2.45. The van der Waals surface area contributed by atoms with Crippen LogP contribution < -0.4 is 5.73 Å². The summed E-state index contributed by atoms with van der Waals surface area (Å²) in [5.74, 6) is 0. The average molecular weight is 366 g/mol. The molecule has 0 aliphatic rings. The summed E-state index contributed by atoms with van der Waals surface area (Å²) in [7, 11) is -3.43. The molecule has 23 heavy (non-hydrogen) atoms. The molecule has 2 rings (SSSR count). The highest BCUT2D eigenvalue weighted by molar-refractivity contribution is 7.90. The van der Waals surface area contributed by atoms with Crippen molar-refractivity contribution in [3.8, 4) is 11.1 Å². The Morgan fingerprint density at radius 1 is 1.04 bits per heavy atom. The van der Waals surface area contributed by atoms with Gasteiger partial charge in [0, 0.05) is 12.8 Å². The standard InChI is InChI=1S/C15H14F3NO2S.ClH/c1-22(20,21)13-4-2-3-10(7-13)11-5-6-12(9-19)14(8-11)15(16,17)18;/h2-8H,9,19H2,1H3;1H. The van der Waals surface area contributed by atoms with E-state index in [-0.39, 0.29) is 35.0 Å². The van der Waals surface area contributed by atoms with E-state index >= 15 is 0 Å². The Balaban J connectivity index is 0.00000264. The summed E-state index contributed by atoms with van der Waals surface area (Å²) in [5.41, 5.74) is 5.21. The van der Waals surface area contributed by atoms with Gasteiger partial charge in [0.15, 0.2) is 9.84 Å². The van der Waals surface area contributed by atoms with Gasteiger partial charge in [0.25, 0.3) is 0 Å². The molecule has 0 amide bonds. The summed E-state index contributed by atoms with van der Waals surface area (Å²) < 4.78 is 62.2. The highest BCUT2D eigenvalue weighted by Gasteiger charge is 2.33. The van der Waals surface area contributed by atoms with Gasteiger partial charge in [-0.25, -0.2) is 8.42 Å². The van der Waals surface area contributed by atoms with Crippen LogP contribution in [-0.2, 0) is 22.6 Å². The van der Waals surface area contributed by atoms with Gasteiger partial charge < -0.3 is 5.73 Å². The fourth-order valence-electron chi connectivity index (χ4n) is 2.10. The molecular weight excluding hydrogens is 351 g/mol. The quantitative estimate of drug-likeness (QED) is 0.903. The molecule has 126 valence electrons. The maximum atomic E-state index is 13.0. The fourth-order valence-corrected chi connectivity index (χ4v) is 2.77. The smallest absolute Gasteiger partial charge is 0.326 e. The van der Waals surface area contributed by atoms with E-state index in [1.54, 1.807) is 6.07 Å². The van der Waals surface area contributed by atoms with Crippen molar-refractivity contribution in [2.45, 2.75) is 17.6 Å². The molecule has 2 N–H and O–H groups in total. The van der Waals surface area contributed by atoms with E-state index in [1.807, 2.05) is 0 Å². The van der Waals surface area contributed by atoms with E-state index in [0.717, 1.165) is 12.3 Å². The number of alkyl halides is 3. The zero-order valence-electron chi connectivity index (χ0n) is 12.1. The SMILES string of the molecule is CS(=O)(=O)c1cccc(-c2ccc(CN)c(C(F)(F)F)c2)c1.Cl. The zero-order valence-corrected chi connectivity index (χ0v) is 13.7. The first-order chi connectivity index (χ1) is 10.1. The fraction of sp³-hybridized carbons (Fsp3) is 0.200. The summed E-state index contributed by atoms with van der Waals surface area (Å²) in [4.78, 5) is 0.0569. The monoisotopic (exact) mass is 365 g/mol. The van der Waals surface area contributed by atoms with Crippen LogP contribution in [0.2, 0.25) is 0 Å². The van der Waals surface area contributed by atoms with Crippen molar-refractivity contribution in [3.63, 3.8) is 0 Å².